The van der Waals surface area contributed by atoms with Crippen LogP contribution in [0.3, 0.4) is 0 Å². The molecular formula is C15H21N3. The summed E-state index contributed by atoms with van der Waals surface area (Å²) in [4.78, 5) is 0. The minimum absolute atomic E-state index is 0.398. The van der Waals surface area contributed by atoms with Gasteiger partial charge in [-0.25, -0.2) is 0 Å². The van der Waals surface area contributed by atoms with Crippen molar-refractivity contribution in [2.75, 3.05) is 0 Å². The van der Waals surface area contributed by atoms with E-state index in [-0.39, 0.29) is 0 Å². The maximum atomic E-state index is 4.24. The normalized spacial score (nSPS) is 14.3. The van der Waals surface area contributed by atoms with Crippen LogP contribution in [-0.4, -0.2) is 15.8 Å². The molecule has 0 aliphatic rings. The Morgan fingerprint density at radius 2 is 2.00 bits per heavy atom. The van der Waals surface area contributed by atoms with E-state index in [1.807, 2.05) is 23.1 Å². The van der Waals surface area contributed by atoms with Gasteiger partial charge in [-0.1, -0.05) is 37.3 Å². The van der Waals surface area contributed by atoms with Crippen LogP contribution in [0.2, 0.25) is 0 Å². The van der Waals surface area contributed by atoms with Gasteiger partial charge in [-0.05, 0) is 25.0 Å². The van der Waals surface area contributed by atoms with Crippen molar-refractivity contribution in [3.63, 3.8) is 0 Å². The lowest BCUT2D eigenvalue weighted by Crippen LogP contribution is -2.33. The SMILES string of the molecule is CC[C@@H](N[C@H](C)Cn1cccn1)c1ccccc1. The van der Waals surface area contributed by atoms with E-state index < -0.39 is 0 Å². The monoisotopic (exact) mass is 243 g/mol. The minimum Gasteiger partial charge on any atom is -0.306 e. The van der Waals surface area contributed by atoms with Gasteiger partial charge in [0.25, 0.3) is 0 Å². The van der Waals surface area contributed by atoms with Gasteiger partial charge in [-0.2, -0.15) is 5.10 Å². The standard InChI is InChI=1S/C15H21N3/c1-3-15(14-8-5-4-6-9-14)17-13(2)12-18-11-7-10-16-18/h4-11,13,15,17H,3,12H2,1-2H3/t13-,15-/m1/s1. The highest BCUT2D eigenvalue weighted by Crippen LogP contribution is 2.16. The molecule has 1 aromatic heterocycles. The molecule has 1 aromatic carbocycles. The number of nitrogens with zero attached hydrogens (tertiary/aromatic N) is 2. The maximum Gasteiger partial charge on any atom is 0.0560 e. The van der Waals surface area contributed by atoms with E-state index in [1.54, 1.807) is 0 Å². The van der Waals surface area contributed by atoms with Gasteiger partial charge < -0.3 is 5.32 Å². The van der Waals surface area contributed by atoms with E-state index in [4.69, 9.17) is 0 Å². The van der Waals surface area contributed by atoms with E-state index in [0.29, 0.717) is 12.1 Å². The van der Waals surface area contributed by atoms with E-state index in [2.05, 4.69) is 54.6 Å². The second-order valence-electron chi connectivity index (χ2n) is 4.67. The highest BCUT2D eigenvalue weighted by atomic mass is 15.3. The first-order chi connectivity index (χ1) is 8.79. The van der Waals surface area contributed by atoms with Crippen LogP contribution in [0.15, 0.2) is 48.8 Å². The second-order valence-corrected chi connectivity index (χ2v) is 4.67. The minimum atomic E-state index is 0.398. The molecule has 0 aliphatic heterocycles. The Labute approximate surface area is 109 Å². The van der Waals surface area contributed by atoms with Crippen molar-refractivity contribution < 1.29 is 0 Å². The summed E-state index contributed by atoms with van der Waals surface area (Å²) >= 11 is 0. The third kappa shape index (κ3) is 3.44. The molecular weight excluding hydrogens is 222 g/mol. The van der Waals surface area contributed by atoms with E-state index in [9.17, 15) is 0 Å². The molecule has 2 aromatic rings. The summed E-state index contributed by atoms with van der Waals surface area (Å²) < 4.78 is 1.97. The van der Waals surface area contributed by atoms with Gasteiger partial charge in [0.2, 0.25) is 0 Å². The highest BCUT2D eigenvalue weighted by molar-refractivity contribution is 5.18. The zero-order valence-electron chi connectivity index (χ0n) is 11.1. The van der Waals surface area contributed by atoms with Gasteiger partial charge in [0.05, 0.1) is 6.54 Å². The molecule has 3 heteroatoms. The van der Waals surface area contributed by atoms with Crippen LogP contribution >= 0.6 is 0 Å². The summed E-state index contributed by atoms with van der Waals surface area (Å²) in [6.07, 6.45) is 4.91. The van der Waals surface area contributed by atoms with Gasteiger partial charge >= 0.3 is 0 Å². The van der Waals surface area contributed by atoms with Crippen LogP contribution in [0.25, 0.3) is 0 Å². The van der Waals surface area contributed by atoms with Crippen LogP contribution in [-0.2, 0) is 6.54 Å². The Balaban J connectivity index is 1.94. The molecule has 0 fully saturated rings. The predicted octanol–water partition coefficient (Wildman–Crippen LogP) is 3.01. The fourth-order valence-electron chi connectivity index (χ4n) is 2.22. The van der Waals surface area contributed by atoms with Crippen LogP contribution in [0.5, 0.6) is 0 Å². The third-order valence-electron chi connectivity index (χ3n) is 3.12. The topological polar surface area (TPSA) is 29.9 Å². The van der Waals surface area contributed by atoms with E-state index in [0.717, 1.165) is 13.0 Å². The molecule has 0 radical (unpaired) electrons. The zero-order valence-corrected chi connectivity index (χ0v) is 11.1. The fraction of sp³-hybridized carbons (Fsp3) is 0.400. The number of benzene rings is 1. The van der Waals surface area contributed by atoms with Gasteiger partial charge in [0.1, 0.15) is 0 Å². The summed E-state index contributed by atoms with van der Waals surface area (Å²) in [5, 5.41) is 7.90. The largest absolute Gasteiger partial charge is 0.306 e. The molecule has 3 nitrogen and oxygen atoms in total. The first kappa shape index (κ1) is 12.8. The highest BCUT2D eigenvalue weighted by Gasteiger charge is 2.12. The Bertz CT molecular complexity index is 436. The number of rotatable bonds is 6. The van der Waals surface area contributed by atoms with Crippen LogP contribution in [0.1, 0.15) is 31.9 Å². The summed E-state index contributed by atoms with van der Waals surface area (Å²) in [7, 11) is 0. The predicted molar refractivity (Wildman–Crippen MR) is 74.3 cm³/mol. The van der Waals surface area contributed by atoms with Crippen molar-refractivity contribution in [1.82, 2.24) is 15.1 Å². The lowest BCUT2D eigenvalue weighted by atomic mass is 10.0. The Morgan fingerprint density at radius 3 is 2.61 bits per heavy atom. The summed E-state index contributed by atoms with van der Waals surface area (Å²) in [6.45, 7) is 5.31. The number of aromatic nitrogens is 2. The van der Waals surface area contributed by atoms with Crippen LogP contribution in [0.4, 0.5) is 0 Å². The lowest BCUT2D eigenvalue weighted by molar-refractivity contribution is 0.393. The van der Waals surface area contributed by atoms with E-state index in [1.165, 1.54) is 5.56 Å². The quantitative estimate of drug-likeness (QED) is 0.845. The van der Waals surface area contributed by atoms with Crippen molar-refractivity contribution in [2.45, 2.75) is 38.9 Å². The molecule has 96 valence electrons. The molecule has 2 atom stereocenters. The van der Waals surface area contributed by atoms with Gasteiger partial charge in [0.15, 0.2) is 0 Å². The summed E-state index contributed by atoms with van der Waals surface area (Å²) in [6, 6.07) is 13.4. The summed E-state index contributed by atoms with van der Waals surface area (Å²) in [5.41, 5.74) is 1.35. The molecule has 0 amide bonds. The lowest BCUT2D eigenvalue weighted by Gasteiger charge is -2.22. The molecule has 1 heterocycles. The molecule has 0 saturated carbocycles. The van der Waals surface area contributed by atoms with Crippen LogP contribution < -0.4 is 5.32 Å². The van der Waals surface area contributed by atoms with Gasteiger partial charge in [0, 0.05) is 24.5 Å². The number of hydrogen-bond acceptors (Lipinski definition) is 2. The number of nitrogens with one attached hydrogen (secondary N) is 1. The average Bonchev–Trinajstić information content (AvgIpc) is 2.90. The molecule has 0 unspecified atom stereocenters. The fourth-order valence-corrected chi connectivity index (χ4v) is 2.22. The Kier molecular flexibility index (Phi) is 4.53. The average molecular weight is 243 g/mol. The van der Waals surface area contributed by atoms with Crippen molar-refractivity contribution in [1.29, 1.82) is 0 Å². The molecule has 2 rings (SSSR count). The molecule has 0 spiro atoms. The molecule has 0 aliphatic carbocycles. The van der Waals surface area contributed by atoms with Gasteiger partial charge in [-0.3, -0.25) is 4.68 Å². The third-order valence-corrected chi connectivity index (χ3v) is 3.12. The maximum absolute atomic E-state index is 4.24. The smallest absolute Gasteiger partial charge is 0.0560 e. The number of hydrogen-bond donors (Lipinski definition) is 1. The molecule has 18 heavy (non-hydrogen) atoms. The summed E-state index contributed by atoms with van der Waals surface area (Å²) in [5.74, 6) is 0. The Hall–Kier alpha value is -1.61. The van der Waals surface area contributed by atoms with Crippen molar-refractivity contribution in [2.24, 2.45) is 0 Å². The second kappa shape index (κ2) is 6.36. The van der Waals surface area contributed by atoms with E-state index >= 15 is 0 Å². The van der Waals surface area contributed by atoms with Gasteiger partial charge in [-0.15, -0.1) is 0 Å². The van der Waals surface area contributed by atoms with Crippen LogP contribution in [0, 0.1) is 0 Å². The first-order valence-corrected chi connectivity index (χ1v) is 6.58. The molecule has 1 N–H and O–H groups in total. The first-order valence-electron chi connectivity index (χ1n) is 6.58. The van der Waals surface area contributed by atoms with Crippen molar-refractivity contribution in [3.05, 3.63) is 54.4 Å². The molecule has 0 bridgehead atoms. The molecule has 0 saturated heterocycles. The Morgan fingerprint density at radius 1 is 1.22 bits per heavy atom. The zero-order chi connectivity index (χ0) is 12.8. The van der Waals surface area contributed by atoms with Crippen molar-refractivity contribution >= 4 is 0 Å². The van der Waals surface area contributed by atoms with Crippen molar-refractivity contribution in [3.8, 4) is 0 Å².